The van der Waals surface area contributed by atoms with Gasteiger partial charge in [0, 0.05) is 6.42 Å². The minimum atomic E-state index is -0.333. The molecule has 1 saturated carbocycles. The number of thiophene rings is 1. The second-order valence-electron chi connectivity index (χ2n) is 6.23. The van der Waals surface area contributed by atoms with Crippen LogP contribution in [0.4, 0.5) is 0 Å². The van der Waals surface area contributed by atoms with E-state index in [-0.39, 0.29) is 30.4 Å². The smallest absolute Gasteiger partial charge is 0.309 e. The summed E-state index contributed by atoms with van der Waals surface area (Å²) in [6.45, 7) is -0.284. The Kier molecular flexibility index (Phi) is 4.40. The molecule has 1 aliphatic carbocycles. The third-order valence-electron chi connectivity index (χ3n) is 4.62. The molecule has 0 unspecified atom stereocenters. The molecular weight excluding hydrogens is 340 g/mol. The Balaban J connectivity index is 1.48. The Morgan fingerprint density at radius 1 is 1.32 bits per heavy atom. The van der Waals surface area contributed by atoms with Gasteiger partial charge in [0.15, 0.2) is 6.61 Å². The fourth-order valence-electron chi connectivity index (χ4n) is 3.00. The molecule has 130 valence electrons. The molecule has 6 nitrogen and oxygen atoms in total. The minimum Gasteiger partial charge on any atom is -0.467 e. The lowest BCUT2D eigenvalue weighted by Crippen LogP contribution is -2.33. The first kappa shape index (κ1) is 16.1. The zero-order valence-electron chi connectivity index (χ0n) is 13.6. The van der Waals surface area contributed by atoms with Crippen molar-refractivity contribution in [3.8, 4) is 0 Å². The summed E-state index contributed by atoms with van der Waals surface area (Å²) in [6, 6.07) is 7.25. The van der Waals surface area contributed by atoms with Crippen molar-refractivity contribution < 1.29 is 18.7 Å². The van der Waals surface area contributed by atoms with Crippen LogP contribution in [0.2, 0.25) is 0 Å². The maximum Gasteiger partial charge on any atom is 0.309 e. The van der Waals surface area contributed by atoms with Crippen molar-refractivity contribution in [1.82, 2.24) is 5.01 Å². The van der Waals surface area contributed by atoms with E-state index in [9.17, 15) is 9.59 Å². The molecule has 0 N–H and O–H groups in total. The highest BCUT2D eigenvalue weighted by Gasteiger charge is 2.36. The van der Waals surface area contributed by atoms with Gasteiger partial charge >= 0.3 is 5.97 Å². The third-order valence-corrected chi connectivity index (χ3v) is 5.54. The van der Waals surface area contributed by atoms with Gasteiger partial charge in [0.1, 0.15) is 11.8 Å². The second kappa shape index (κ2) is 6.84. The van der Waals surface area contributed by atoms with Gasteiger partial charge in [0.25, 0.3) is 5.91 Å². The number of nitrogens with zero attached hydrogens (tertiary/aromatic N) is 2. The van der Waals surface area contributed by atoms with Gasteiger partial charge in [-0.25, -0.2) is 5.01 Å². The average molecular weight is 358 g/mol. The van der Waals surface area contributed by atoms with Crippen LogP contribution in [0.3, 0.4) is 0 Å². The zero-order valence-corrected chi connectivity index (χ0v) is 14.4. The summed E-state index contributed by atoms with van der Waals surface area (Å²) in [6.07, 6.45) is 4.92. The van der Waals surface area contributed by atoms with E-state index in [0.717, 1.165) is 29.9 Å². The van der Waals surface area contributed by atoms with E-state index in [1.165, 1.54) is 5.01 Å². The van der Waals surface area contributed by atoms with Crippen molar-refractivity contribution in [2.24, 2.45) is 11.0 Å². The van der Waals surface area contributed by atoms with Crippen LogP contribution in [0.5, 0.6) is 0 Å². The minimum absolute atomic E-state index is 0.0440. The van der Waals surface area contributed by atoms with E-state index < -0.39 is 0 Å². The van der Waals surface area contributed by atoms with Crippen LogP contribution in [-0.4, -0.2) is 29.2 Å². The molecule has 1 fully saturated rings. The SMILES string of the molecule is O=C(OCC(=O)N1N=C(c2cccs2)C[C@@H]1c1ccco1)C1CCC1. The number of hydrogen-bond acceptors (Lipinski definition) is 6. The molecule has 0 aromatic carbocycles. The number of ether oxygens (including phenoxy) is 1. The first-order chi connectivity index (χ1) is 12.2. The molecule has 0 radical (unpaired) electrons. The largest absolute Gasteiger partial charge is 0.467 e. The normalized spacial score (nSPS) is 20.2. The number of rotatable bonds is 5. The predicted octanol–water partition coefficient (Wildman–Crippen LogP) is 3.36. The van der Waals surface area contributed by atoms with Crippen molar-refractivity contribution in [1.29, 1.82) is 0 Å². The van der Waals surface area contributed by atoms with Crippen LogP contribution in [0.15, 0.2) is 45.4 Å². The Labute approximate surface area is 149 Å². The molecule has 1 amide bonds. The topological polar surface area (TPSA) is 72.1 Å². The lowest BCUT2D eigenvalue weighted by Gasteiger charge is -2.24. The van der Waals surface area contributed by atoms with Crippen molar-refractivity contribution in [2.45, 2.75) is 31.7 Å². The highest BCUT2D eigenvalue weighted by molar-refractivity contribution is 7.12. The molecule has 4 rings (SSSR count). The fourth-order valence-corrected chi connectivity index (χ4v) is 3.72. The highest BCUT2D eigenvalue weighted by Crippen LogP contribution is 2.34. The van der Waals surface area contributed by atoms with E-state index in [2.05, 4.69) is 5.10 Å². The number of esters is 1. The van der Waals surface area contributed by atoms with Crippen LogP contribution in [-0.2, 0) is 14.3 Å². The van der Waals surface area contributed by atoms with Crippen molar-refractivity contribution in [3.63, 3.8) is 0 Å². The Morgan fingerprint density at radius 3 is 2.84 bits per heavy atom. The molecule has 0 saturated heterocycles. The number of amides is 1. The van der Waals surface area contributed by atoms with E-state index in [1.807, 2.05) is 23.6 Å². The van der Waals surface area contributed by atoms with Gasteiger partial charge in [0.05, 0.1) is 22.8 Å². The molecule has 1 aliphatic heterocycles. The van der Waals surface area contributed by atoms with E-state index in [4.69, 9.17) is 9.15 Å². The number of hydrazone groups is 1. The van der Waals surface area contributed by atoms with Gasteiger partial charge in [-0.15, -0.1) is 11.3 Å². The van der Waals surface area contributed by atoms with E-state index in [0.29, 0.717) is 12.2 Å². The molecule has 3 heterocycles. The van der Waals surface area contributed by atoms with Crippen LogP contribution in [0.25, 0.3) is 0 Å². The number of hydrogen-bond donors (Lipinski definition) is 0. The van der Waals surface area contributed by atoms with E-state index in [1.54, 1.807) is 23.7 Å². The van der Waals surface area contributed by atoms with Gasteiger partial charge in [-0.3, -0.25) is 9.59 Å². The lowest BCUT2D eigenvalue weighted by atomic mass is 9.86. The molecule has 0 bridgehead atoms. The quantitative estimate of drug-likeness (QED) is 0.768. The molecule has 0 spiro atoms. The molecule has 1 atom stereocenters. The molecule has 7 heteroatoms. The standard InChI is InChI=1S/C18H18N2O4S/c21-17(11-24-18(22)12-4-1-5-12)20-14(15-6-2-8-23-15)10-13(19-20)16-7-3-9-25-16/h2-3,6-9,12,14H,1,4-5,10-11H2/t14-/m1/s1. The monoisotopic (exact) mass is 358 g/mol. The van der Waals surface area contributed by atoms with Gasteiger partial charge in [-0.05, 0) is 36.4 Å². The molecule has 2 aliphatic rings. The summed E-state index contributed by atoms with van der Waals surface area (Å²) in [5.41, 5.74) is 0.843. The maximum absolute atomic E-state index is 12.6. The Hall–Kier alpha value is -2.41. The summed E-state index contributed by atoms with van der Waals surface area (Å²) in [4.78, 5) is 25.5. The summed E-state index contributed by atoms with van der Waals surface area (Å²) in [7, 11) is 0. The summed E-state index contributed by atoms with van der Waals surface area (Å²) < 4.78 is 10.7. The van der Waals surface area contributed by atoms with Crippen LogP contribution in [0.1, 0.15) is 42.4 Å². The van der Waals surface area contributed by atoms with E-state index >= 15 is 0 Å². The van der Waals surface area contributed by atoms with Crippen molar-refractivity contribution in [2.75, 3.05) is 6.61 Å². The lowest BCUT2D eigenvalue weighted by molar-refractivity contribution is -0.158. The second-order valence-corrected chi connectivity index (χ2v) is 7.18. The number of furan rings is 1. The first-order valence-electron chi connectivity index (χ1n) is 8.36. The Morgan fingerprint density at radius 2 is 2.20 bits per heavy atom. The van der Waals surface area contributed by atoms with Crippen molar-refractivity contribution >= 4 is 28.9 Å². The van der Waals surface area contributed by atoms with Gasteiger partial charge in [0.2, 0.25) is 0 Å². The Bertz CT molecular complexity index is 778. The maximum atomic E-state index is 12.6. The fraction of sp³-hybridized carbons (Fsp3) is 0.389. The number of carbonyl (C=O) groups excluding carboxylic acids is 2. The van der Waals surface area contributed by atoms with Crippen molar-refractivity contribution in [3.05, 3.63) is 46.5 Å². The van der Waals surface area contributed by atoms with Crippen LogP contribution in [0, 0.1) is 5.92 Å². The average Bonchev–Trinajstić information content (AvgIpc) is 3.30. The van der Waals surface area contributed by atoms with Crippen LogP contribution >= 0.6 is 11.3 Å². The van der Waals surface area contributed by atoms with Gasteiger partial charge in [-0.2, -0.15) is 5.10 Å². The van der Waals surface area contributed by atoms with Crippen LogP contribution < -0.4 is 0 Å². The number of carbonyl (C=O) groups is 2. The molecular formula is C18H18N2O4S. The molecule has 2 aromatic rings. The summed E-state index contributed by atoms with van der Waals surface area (Å²) >= 11 is 1.58. The molecule has 25 heavy (non-hydrogen) atoms. The van der Waals surface area contributed by atoms with Gasteiger partial charge in [-0.1, -0.05) is 12.5 Å². The first-order valence-corrected chi connectivity index (χ1v) is 9.24. The predicted molar refractivity (Wildman–Crippen MR) is 92.1 cm³/mol. The zero-order chi connectivity index (χ0) is 17.2. The van der Waals surface area contributed by atoms with Gasteiger partial charge < -0.3 is 9.15 Å². The summed E-state index contributed by atoms with van der Waals surface area (Å²) in [5.74, 6) is 0.0165. The molecule has 2 aromatic heterocycles. The summed E-state index contributed by atoms with van der Waals surface area (Å²) in [5, 5.41) is 7.85. The highest BCUT2D eigenvalue weighted by atomic mass is 32.1. The third kappa shape index (κ3) is 3.24.